The van der Waals surface area contributed by atoms with Crippen LogP contribution in [0.2, 0.25) is 5.02 Å². The minimum Gasteiger partial charge on any atom is -0.493 e. The molecule has 0 aliphatic rings. The topological polar surface area (TPSA) is 44.2 Å². The molecule has 0 unspecified atom stereocenters. The van der Waals surface area contributed by atoms with Gasteiger partial charge in [0.2, 0.25) is 0 Å². The van der Waals surface area contributed by atoms with Crippen LogP contribution in [-0.2, 0) is 6.61 Å². The van der Waals surface area contributed by atoms with Crippen LogP contribution in [0.3, 0.4) is 0 Å². The van der Waals surface area contributed by atoms with Crippen LogP contribution in [0.4, 0.5) is 0 Å². The molecule has 3 aromatic rings. The number of hydrogen-bond donors (Lipinski definition) is 0. The van der Waals surface area contributed by atoms with Crippen LogP contribution in [0.5, 0.6) is 11.5 Å². The first kappa shape index (κ1) is 13.6. The third-order valence-corrected chi connectivity index (χ3v) is 3.35. The fraction of sp³-hybridized carbons (Fsp3) is 0.125. The van der Waals surface area contributed by atoms with Gasteiger partial charge in [-0.25, -0.2) is 9.97 Å². The molecular weight excluding hydrogens is 288 g/mol. The Bertz CT molecular complexity index is 760. The molecule has 0 fully saturated rings. The van der Waals surface area contributed by atoms with E-state index in [0.29, 0.717) is 23.1 Å². The van der Waals surface area contributed by atoms with Gasteiger partial charge in [-0.05, 0) is 23.8 Å². The van der Waals surface area contributed by atoms with E-state index in [2.05, 4.69) is 9.97 Å². The van der Waals surface area contributed by atoms with Gasteiger partial charge in [-0.2, -0.15) is 0 Å². The van der Waals surface area contributed by atoms with E-state index in [-0.39, 0.29) is 0 Å². The van der Waals surface area contributed by atoms with E-state index < -0.39 is 0 Å². The van der Waals surface area contributed by atoms with Crippen molar-refractivity contribution in [3.8, 4) is 11.5 Å². The zero-order chi connectivity index (χ0) is 14.7. The molecule has 0 aliphatic carbocycles. The molecule has 1 aromatic heterocycles. The number of ether oxygens (including phenoxy) is 2. The first-order valence-electron chi connectivity index (χ1n) is 6.41. The third-order valence-electron chi connectivity index (χ3n) is 3.10. The maximum Gasteiger partial charge on any atom is 0.163 e. The maximum absolute atomic E-state index is 5.87. The van der Waals surface area contributed by atoms with Gasteiger partial charge in [0, 0.05) is 22.7 Å². The van der Waals surface area contributed by atoms with Crippen molar-refractivity contribution in [1.29, 1.82) is 0 Å². The zero-order valence-electron chi connectivity index (χ0n) is 11.4. The lowest BCUT2D eigenvalue weighted by molar-refractivity contribution is 0.285. The van der Waals surface area contributed by atoms with E-state index in [1.807, 2.05) is 36.4 Å². The van der Waals surface area contributed by atoms with E-state index in [0.717, 1.165) is 16.5 Å². The van der Waals surface area contributed by atoms with Crippen molar-refractivity contribution in [2.75, 3.05) is 7.11 Å². The standard InChI is InChI=1S/C16H13ClN2O2/c1-20-15-6-12-8-18-10-19-14(12)7-16(15)21-9-11-2-4-13(17)5-3-11/h2-8,10H,9H2,1H3. The van der Waals surface area contributed by atoms with E-state index in [1.54, 1.807) is 13.3 Å². The molecule has 0 atom stereocenters. The number of methoxy groups -OCH3 is 1. The number of halogens is 1. The van der Waals surface area contributed by atoms with E-state index >= 15 is 0 Å². The lowest BCUT2D eigenvalue weighted by atomic mass is 10.2. The molecule has 0 amide bonds. The quantitative estimate of drug-likeness (QED) is 0.733. The lowest BCUT2D eigenvalue weighted by Gasteiger charge is -2.11. The van der Waals surface area contributed by atoms with Crippen molar-refractivity contribution >= 4 is 22.5 Å². The molecule has 0 spiro atoms. The SMILES string of the molecule is COc1cc2cncnc2cc1OCc1ccc(Cl)cc1. The molecule has 0 radical (unpaired) electrons. The monoisotopic (exact) mass is 300 g/mol. The number of fused-ring (bicyclic) bond motifs is 1. The second kappa shape index (κ2) is 5.97. The van der Waals surface area contributed by atoms with Crippen LogP contribution in [0, 0.1) is 0 Å². The summed E-state index contributed by atoms with van der Waals surface area (Å²) in [5.74, 6) is 1.31. The summed E-state index contributed by atoms with van der Waals surface area (Å²) >= 11 is 5.87. The third kappa shape index (κ3) is 3.06. The molecule has 4 nitrogen and oxygen atoms in total. The summed E-state index contributed by atoms with van der Waals surface area (Å²) < 4.78 is 11.2. The fourth-order valence-corrected chi connectivity index (χ4v) is 2.13. The number of nitrogens with zero attached hydrogens (tertiary/aromatic N) is 2. The highest BCUT2D eigenvalue weighted by Gasteiger charge is 2.08. The molecule has 2 aromatic carbocycles. The van der Waals surface area contributed by atoms with Crippen molar-refractivity contribution in [1.82, 2.24) is 9.97 Å². The highest BCUT2D eigenvalue weighted by Crippen LogP contribution is 2.31. The minimum atomic E-state index is 0.435. The Morgan fingerprint density at radius 1 is 1.10 bits per heavy atom. The second-order valence-electron chi connectivity index (χ2n) is 4.50. The minimum absolute atomic E-state index is 0.435. The van der Waals surface area contributed by atoms with Gasteiger partial charge in [0.05, 0.1) is 12.6 Å². The molecule has 0 saturated heterocycles. The van der Waals surface area contributed by atoms with Crippen LogP contribution >= 0.6 is 11.6 Å². The van der Waals surface area contributed by atoms with Crippen LogP contribution in [0.25, 0.3) is 10.9 Å². The van der Waals surface area contributed by atoms with Gasteiger partial charge in [-0.1, -0.05) is 23.7 Å². The zero-order valence-corrected chi connectivity index (χ0v) is 12.2. The molecule has 0 saturated carbocycles. The van der Waals surface area contributed by atoms with E-state index in [1.165, 1.54) is 6.33 Å². The Morgan fingerprint density at radius 3 is 2.67 bits per heavy atom. The largest absolute Gasteiger partial charge is 0.493 e. The first-order chi connectivity index (χ1) is 10.3. The molecule has 1 heterocycles. The molecule has 0 aliphatic heterocycles. The number of hydrogen-bond acceptors (Lipinski definition) is 4. The van der Waals surface area contributed by atoms with Crippen LogP contribution in [-0.4, -0.2) is 17.1 Å². The average molecular weight is 301 g/mol. The summed E-state index contributed by atoms with van der Waals surface area (Å²) in [5.41, 5.74) is 1.85. The Kier molecular flexibility index (Phi) is 3.88. The van der Waals surface area contributed by atoms with Gasteiger partial charge in [0.25, 0.3) is 0 Å². The van der Waals surface area contributed by atoms with Gasteiger partial charge >= 0.3 is 0 Å². The van der Waals surface area contributed by atoms with Crippen molar-refractivity contribution in [2.45, 2.75) is 6.61 Å². The summed E-state index contributed by atoms with van der Waals surface area (Å²) in [6, 6.07) is 11.3. The predicted octanol–water partition coefficient (Wildman–Crippen LogP) is 3.87. The Morgan fingerprint density at radius 2 is 1.90 bits per heavy atom. The van der Waals surface area contributed by atoms with Gasteiger partial charge in [0.15, 0.2) is 11.5 Å². The average Bonchev–Trinajstić information content (AvgIpc) is 2.53. The fourth-order valence-electron chi connectivity index (χ4n) is 2.00. The summed E-state index contributed by atoms with van der Waals surface area (Å²) in [5, 5.41) is 1.62. The van der Waals surface area contributed by atoms with Crippen molar-refractivity contribution in [3.63, 3.8) is 0 Å². The van der Waals surface area contributed by atoms with Crippen molar-refractivity contribution in [3.05, 3.63) is 59.5 Å². The van der Waals surface area contributed by atoms with E-state index in [9.17, 15) is 0 Å². The van der Waals surface area contributed by atoms with Crippen LogP contribution in [0.15, 0.2) is 48.9 Å². The number of rotatable bonds is 4. The van der Waals surface area contributed by atoms with Crippen molar-refractivity contribution < 1.29 is 9.47 Å². The normalized spacial score (nSPS) is 10.6. The molecule has 21 heavy (non-hydrogen) atoms. The van der Waals surface area contributed by atoms with Gasteiger partial charge in [0.1, 0.15) is 12.9 Å². The number of aromatic nitrogens is 2. The molecule has 0 N–H and O–H groups in total. The highest BCUT2D eigenvalue weighted by molar-refractivity contribution is 6.30. The van der Waals surface area contributed by atoms with Crippen LogP contribution in [0.1, 0.15) is 5.56 Å². The number of benzene rings is 2. The molecule has 0 bridgehead atoms. The summed E-state index contributed by atoms with van der Waals surface area (Å²) in [6.45, 7) is 0.435. The predicted molar refractivity (Wildman–Crippen MR) is 81.9 cm³/mol. The summed E-state index contributed by atoms with van der Waals surface area (Å²) in [4.78, 5) is 8.22. The molecule has 5 heteroatoms. The van der Waals surface area contributed by atoms with Gasteiger partial charge in [-0.15, -0.1) is 0 Å². The Labute approximate surface area is 127 Å². The molecular formula is C16H13ClN2O2. The van der Waals surface area contributed by atoms with Crippen LogP contribution < -0.4 is 9.47 Å². The molecule has 3 rings (SSSR count). The van der Waals surface area contributed by atoms with Gasteiger partial charge in [-0.3, -0.25) is 0 Å². The Hall–Kier alpha value is -2.33. The smallest absolute Gasteiger partial charge is 0.163 e. The molecule has 106 valence electrons. The first-order valence-corrected chi connectivity index (χ1v) is 6.79. The Balaban J connectivity index is 1.86. The second-order valence-corrected chi connectivity index (χ2v) is 4.94. The van der Waals surface area contributed by atoms with E-state index in [4.69, 9.17) is 21.1 Å². The highest BCUT2D eigenvalue weighted by atomic mass is 35.5. The summed E-state index contributed by atoms with van der Waals surface area (Å²) in [6.07, 6.45) is 3.26. The maximum atomic E-state index is 5.87. The summed E-state index contributed by atoms with van der Waals surface area (Å²) in [7, 11) is 1.61. The van der Waals surface area contributed by atoms with Crippen molar-refractivity contribution in [2.24, 2.45) is 0 Å². The van der Waals surface area contributed by atoms with Gasteiger partial charge < -0.3 is 9.47 Å². The lowest BCUT2D eigenvalue weighted by Crippen LogP contribution is -1.98.